The highest BCUT2D eigenvalue weighted by atomic mass is 32.1. The van der Waals surface area contributed by atoms with Gasteiger partial charge in [0.05, 0.1) is 0 Å². The Morgan fingerprint density at radius 2 is 1.32 bits per heavy atom. The van der Waals surface area contributed by atoms with Gasteiger partial charge in [-0.2, -0.15) is 0 Å². The lowest BCUT2D eigenvalue weighted by Crippen LogP contribution is -1.81. The zero-order valence-corrected chi connectivity index (χ0v) is 23.5. The van der Waals surface area contributed by atoms with Gasteiger partial charge in [-0.15, -0.1) is 39.9 Å². The van der Waals surface area contributed by atoms with Crippen molar-refractivity contribution in [3.05, 3.63) is 49.5 Å². The van der Waals surface area contributed by atoms with Gasteiger partial charge < -0.3 is 0 Å². The van der Waals surface area contributed by atoms with E-state index in [-0.39, 0.29) is 0 Å². The van der Waals surface area contributed by atoms with Crippen molar-refractivity contribution >= 4 is 75.6 Å². The molecule has 0 aliphatic heterocycles. The van der Waals surface area contributed by atoms with Crippen LogP contribution in [-0.4, -0.2) is 0 Å². The van der Waals surface area contributed by atoms with Crippen molar-refractivity contribution < 1.29 is 0 Å². The fraction of sp³-hybridized carbons (Fsp3) is 0.364. The van der Waals surface area contributed by atoms with E-state index in [4.69, 9.17) is 0 Å². The number of aryl methyl sites for hydroxylation is 5. The molecule has 3 heterocycles. The molecule has 0 bridgehead atoms. The van der Waals surface area contributed by atoms with Crippen LogP contribution in [0.4, 0.5) is 0 Å². The molecule has 0 radical (unpaired) electrons. The quantitative estimate of drug-likeness (QED) is 0.296. The van der Waals surface area contributed by atoms with Gasteiger partial charge in [0.1, 0.15) is 0 Å². The molecule has 3 aromatic heterocycles. The summed E-state index contributed by atoms with van der Waals surface area (Å²) >= 11 is 5.47. The minimum absolute atomic E-state index is 1.16. The van der Waals surface area contributed by atoms with Crippen molar-refractivity contribution in [3.63, 3.8) is 0 Å². The molecule has 152 valence electrons. The van der Waals surface area contributed by atoms with Gasteiger partial charge in [-0.1, -0.05) is 47.0 Å². The average Bonchev–Trinajstić information content (AvgIpc) is 3.19. The molecule has 0 aliphatic rings. The van der Waals surface area contributed by atoms with Gasteiger partial charge >= 0.3 is 0 Å². The van der Waals surface area contributed by atoms with Crippen molar-refractivity contribution in [2.45, 2.75) is 54.4 Å². The molecule has 3 atom stereocenters. The van der Waals surface area contributed by atoms with E-state index in [1.165, 1.54) is 52.5 Å². The molecule has 0 fully saturated rings. The highest BCUT2D eigenvalue weighted by molar-refractivity contribution is 7.44. The second kappa shape index (κ2) is 13.3. The molecule has 6 heteroatoms. The Bertz CT molecular complexity index is 916. The van der Waals surface area contributed by atoms with E-state index in [0.717, 1.165) is 5.56 Å². The standard InChI is InChI=1S/C8H13PS.C8H9PS.C6H9PS/c2*1-3-4-7-5-8(9)10-6(7)2;1-4-3-6(7)8-5(4)2/h5H,3-4,9H2,1-2H3;5H,9H2,1-2H3;3H,7H2,1-2H3. The van der Waals surface area contributed by atoms with E-state index in [1.54, 1.807) is 11.3 Å². The van der Waals surface area contributed by atoms with Gasteiger partial charge in [0.2, 0.25) is 0 Å². The number of rotatable bonds is 2. The zero-order valence-electron chi connectivity index (χ0n) is 17.6. The normalized spacial score (nSPS) is 9.61. The third kappa shape index (κ3) is 9.18. The van der Waals surface area contributed by atoms with Crippen molar-refractivity contribution in [1.29, 1.82) is 0 Å². The van der Waals surface area contributed by atoms with Crippen molar-refractivity contribution in [1.82, 2.24) is 0 Å². The summed E-state index contributed by atoms with van der Waals surface area (Å²) in [5, 5.41) is 0. The lowest BCUT2D eigenvalue weighted by atomic mass is 10.2. The Morgan fingerprint density at radius 1 is 0.786 bits per heavy atom. The van der Waals surface area contributed by atoms with Gasteiger partial charge in [-0.3, -0.25) is 0 Å². The van der Waals surface area contributed by atoms with Crippen LogP contribution in [-0.2, 0) is 6.42 Å². The summed E-state index contributed by atoms with van der Waals surface area (Å²) in [5.74, 6) is 5.93. The molecule has 0 aliphatic carbocycles. The van der Waals surface area contributed by atoms with Crippen LogP contribution in [0, 0.1) is 39.5 Å². The van der Waals surface area contributed by atoms with Crippen LogP contribution in [0.5, 0.6) is 0 Å². The molecule has 3 unspecified atom stereocenters. The van der Waals surface area contributed by atoms with E-state index < -0.39 is 0 Å². The largest absolute Gasteiger partial charge is 0.141 e. The van der Waals surface area contributed by atoms with Gasteiger partial charge in [-0.05, 0) is 70.4 Å². The summed E-state index contributed by atoms with van der Waals surface area (Å²) in [7, 11) is 8.14. The lowest BCUT2D eigenvalue weighted by Gasteiger charge is -1.92. The highest BCUT2D eigenvalue weighted by Crippen LogP contribution is 2.17. The summed E-state index contributed by atoms with van der Waals surface area (Å²) in [6.45, 7) is 12.7. The first-order chi connectivity index (χ1) is 13.2. The van der Waals surface area contributed by atoms with Crippen molar-refractivity contribution in [2.24, 2.45) is 0 Å². The van der Waals surface area contributed by atoms with Gasteiger partial charge in [0, 0.05) is 34.0 Å². The van der Waals surface area contributed by atoms with Crippen LogP contribution in [0.2, 0.25) is 0 Å². The molecule has 0 aromatic carbocycles. The monoisotopic (exact) mass is 484 g/mol. The highest BCUT2D eigenvalue weighted by Gasteiger charge is 2.00. The molecule has 0 nitrogen and oxygen atoms in total. The van der Waals surface area contributed by atoms with Crippen LogP contribution in [0.25, 0.3) is 0 Å². The van der Waals surface area contributed by atoms with Crippen LogP contribution >= 0.6 is 61.7 Å². The summed E-state index contributed by atoms with van der Waals surface area (Å²) in [5.41, 5.74) is 4.09. The van der Waals surface area contributed by atoms with E-state index in [0.29, 0.717) is 0 Å². The first-order valence-corrected chi connectivity index (χ1v) is 13.3. The summed E-state index contributed by atoms with van der Waals surface area (Å²) < 4.78 is 3.95. The predicted octanol–water partition coefficient (Wildman–Crippen LogP) is 6.30. The summed E-state index contributed by atoms with van der Waals surface area (Å²) in [6.07, 6.45) is 2.48. The second-order valence-corrected chi connectivity index (χ2v) is 13.3. The smallest absolute Gasteiger partial charge is 0.0387 e. The van der Waals surface area contributed by atoms with E-state index in [9.17, 15) is 0 Å². The van der Waals surface area contributed by atoms with Crippen molar-refractivity contribution in [3.8, 4) is 11.8 Å². The Balaban J connectivity index is 0.000000212. The fourth-order valence-electron chi connectivity index (χ4n) is 2.43. The van der Waals surface area contributed by atoms with Gasteiger partial charge in [0.15, 0.2) is 0 Å². The maximum absolute atomic E-state index is 3.04. The molecule has 28 heavy (non-hydrogen) atoms. The third-order valence-corrected chi connectivity index (χ3v) is 8.28. The summed E-state index contributed by atoms with van der Waals surface area (Å²) in [6, 6.07) is 6.56. The third-order valence-electron chi connectivity index (χ3n) is 3.94. The van der Waals surface area contributed by atoms with E-state index >= 15 is 0 Å². The van der Waals surface area contributed by atoms with Crippen LogP contribution in [0.1, 0.15) is 51.6 Å². The Morgan fingerprint density at radius 3 is 1.64 bits per heavy atom. The number of thiophene rings is 3. The van der Waals surface area contributed by atoms with Crippen LogP contribution in [0.3, 0.4) is 0 Å². The van der Waals surface area contributed by atoms with Gasteiger partial charge in [-0.25, -0.2) is 0 Å². The zero-order chi connectivity index (χ0) is 21.3. The molecule has 0 N–H and O–H groups in total. The SMILES string of the molecule is CC#Cc1cc(P)sc1C.CCCc1cc(P)sc1C.Cc1cc(P)sc1C. The molecule has 3 aromatic rings. The van der Waals surface area contributed by atoms with Crippen LogP contribution in [0.15, 0.2) is 18.2 Å². The first kappa shape index (κ1) is 26.0. The topological polar surface area (TPSA) is 0 Å². The first-order valence-electron chi connectivity index (χ1n) is 9.13. The lowest BCUT2D eigenvalue weighted by molar-refractivity contribution is 0.920. The van der Waals surface area contributed by atoms with E-state index in [2.05, 4.69) is 92.4 Å². The molecule has 0 amide bonds. The van der Waals surface area contributed by atoms with E-state index in [1.807, 2.05) is 29.6 Å². The maximum atomic E-state index is 3.04. The Hall–Kier alpha value is -0.0500. The van der Waals surface area contributed by atoms with Crippen molar-refractivity contribution in [2.75, 3.05) is 0 Å². The molecular weight excluding hydrogens is 453 g/mol. The Labute approximate surface area is 190 Å². The number of hydrogen-bond acceptors (Lipinski definition) is 3. The molecule has 3 rings (SSSR count). The van der Waals surface area contributed by atoms with Crippen LogP contribution < -0.4 is 13.9 Å². The molecule has 0 spiro atoms. The minimum Gasteiger partial charge on any atom is -0.141 e. The average molecular weight is 485 g/mol. The molecule has 0 saturated heterocycles. The molecule has 0 saturated carbocycles. The second-order valence-electron chi connectivity index (χ2n) is 6.36. The fourth-order valence-corrected chi connectivity index (χ4v) is 7.04. The predicted molar refractivity (Wildman–Crippen MR) is 146 cm³/mol. The van der Waals surface area contributed by atoms with Gasteiger partial charge in [0.25, 0.3) is 0 Å². The Kier molecular flexibility index (Phi) is 12.3. The maximum Gasteiger partial charge on any atom is 0.0387 e. The minimum atomic E-state index is 1.16. The number of hydrogen-bond donors (Lipinski definition) is 0. The summed E-state index contributed by atoms with van der Waals surface area (Å²) in [4.78, 5) is 4.21. The molecular formula is C22H31P3S3.